The van der Waals surface area contributed by atoms with E-state index in [1.54, 1.807) is 0 Å². The van der Waals surface area contributed by atoms with Gasteiger partial charge in [0.05, 0.1) is 11.4 Å². The second-order valence-electron chi connectivity index (χ2n) is 7.12. The summed E-state index contributed by atoms with van der Waals surface area (Å²) >= 11 is 1.92. The van der Waals surface area contributed by atoms with Gasteiger partial charge < -0.3 is 4.74 Å². The second kappa shape index (κ2) is 12.9. The number of amides is 2. The predicted octanol–water partition coefficient (Wildman–Crippen LogP) is 5.10. The van der Waals surface area contributed by atoms with Gasteiger partial charge in [-0.15, -0.1) is 11.8 Å². The minimum absolute atomic E-state index is 0.000152. The standard InChI is InChI=1S/C19H26N2O3S.2C2H6/c1-14-13-25-19(2,20-14)9-8-16(12-15-6-4-3-5-7-15)17(22)21-10-11-24-18(21)23;2*1-2/h3-7,14,16,20H,8-13H2,1-2H3;2*1-2H3/t14-,16-,19?;;/m0../s1. The highest BCUT2D eigenvalue weighted by Gasteiger charge is 2.37. The second-order valence-corrected chi connectivity index (χ2v) is 8.64. The quantitative estimate of drug-likeness (QED) is 0.691. The van der Waals surface area contributed by atoms with E-state index >= 15 is 0 Å². The molecule has 2 heterocycles. The molecule has 1 aromatic rings. The molecule has 2 amide bonds. The van der Waals surface area contributed by atoms with Gasteiger partial charge in [-0.1, -0.05) is 58.0 Å². The first kappa shape index (κ1) is 25.5. The third kappa shape index (κ3) is 7.67. The van der Waals surface area contributed by atoms with Crippen molar-refractivity contribution in [3.63, 3.8) is 0 Å². The van der Waals surface area contributed by atoms with Crippen molar-refractivity contribution < 1.29 is 14.3 Å². The smallest absolute Gasteiger partial charge is 0.416 e. The first-order valence-corrected chi connectivity index (χ1v) is 11.9. The molecular weight excluding hydrogens is 384 g/mol. The molecule has 2 saturated heterocycles. The Morgan fingerprint density at radius 3 is 2.45 bits per heavy atom. The summed E-state index contributed by atoms with van der Waals surface area (Å²) in [5.41, 5.74) is 1.12. The van der Waals surface area contributed by atoms with E-state index in [9.17, 15) is 9.59 Å². The minimum atomic E-state index is -0.503. The van der Waals surface area contributed by atoms with E-state index in [1.165, 1.54) is 4.90 Å². The molecule has 2 aliphatic heterocycles. The summed E-state index contributed by atoms with van der Waals surface area (Å²) < 4.78 is 4.95. The first-order chi connectivity index (χ1) is 14.0. The monoisotopic (exact) mass is 422 g/mol. The Morgan fingerprint density at radius 1 is 1.28 bits per heavy atom. The molecule has 0 aliphatic carbocycles. The van der Waals surface area contributed by atoms with Crippen LogP contribution in [0.15, 0.2) is 30.3 Å². The zero-order valence-corrected chi connectivity index (χ0v) is 19.7. The van der Waals surface area contributed by atoms with Crippen molar-refractivity contribution in [2.24, 2.45) is 5.92 Å². The van der Waals surface area contributed by atoms with Crippen LogP contribution in [0.4, 0.5) is 4.79 Å². The summed E-state index contributed by atoms with van der Waals surface area (Å²) in [6.07, 6.45) is 1.80. The van der Waals surface area contributed by atoms with Gasteiger partial charge in [-0.25, -0.2) is 9.69 Å². The number of rotatable bonds is 6. The van der Waals surface area contributed by atoms with Gasteiger partial charge in [0.15, 0.2) is 0 Å². The highest BCUT2D eigenvalue weighted by Crippen LogP contribution is 2.35. The summed E-state index contributed by atoms with van der Waals surface area (Å²) in [4.78, 5) is 26.0. The Balaban J connectivity index is 0.000000989. The number of cyclic esters (lactones) is 1. The molecular formula is C23H38N2O3S. The largest absolute Gasteiger partial charge is 0.447 e. The van der Waals surface area contributed by atoms with Gasteiger partial charge in [0.25, 0.3) is 0 Å². The summed E-state index contributed by atoms with van der Waals surface area (Å²) in [5, 5.41) is 3.61. The lowest BCUT2D eigenvalue weighted by atomic mass is 9.91. The lowest BCUT2D eigenvalue weighted by molar-refractivity contribution is -0.132. The van der Waals surface area contributed by atoms with Gasteiger partial charge in [0, 0.05) is 17.7 Å². The maximum absolute atomic E-state index is 12.9. The SMILES string of the molecule is CC.CC.C[C@H]1CSC(C)(CC[C@@H](Cc2ccccc2)C(=O)N2CCOC2=O)N1. The molecule has 1 unspecified atom stereocenters. The molecule has 3 atom stereocenters. The van der Waals surface area contributed by atoms with Crippen LogP contribution in [0.3, 0.4) is 0 Å². The average molecular weight is 423 g/mol. The van der Waals surface area contributed by atoms with E-state index in [2.05, 4.69) is 19.2 Å². The van der Waals surface area contributed by atoms with Gasteiger partial charge in [-0.3, -0.25) is 10.1 Å². The fourth-order valence-corrected chi connectivity index (χ4v) is 4.78. The number of nitrogens with one attached hydrogen (secondary N) is 1. The van der Waals surface area contributed by atoms with Crippen LogP contribution in [0.1, 0.15) is 59.9 Å². The number of nitrogens with zero attached hydrogens (tertiary/aromatic N) is 1. The Morgan fingerprint density at radius 2 is 1.93 bits per heavy atom. The van der Waals surface area contributed by atoms with E-state index in [4.69, 9.17) is 4.74 Å². The normalized spacial score (nSPS) is 24.0. The maximum atomic E-state index is 12.9. The third-order valence-corrected chi connectivity index (χ3v) is 6.50. The van der Waals surface area contributed by atoms with E-state index in [0.29, 0.717) is 25.6 Å². The van der Waals surface area contributed by atoms with Gasteiger partial charge >= 0.3 is 6.09 Å². The van der Waals surface area contributed by atoms with Crippen molar-refractivity contribution in [3.05, 3.63) is 35.9 Å². The Kier molecular flexibility index (Phi) is 11.4. The van der Waals surface area contributed by atoms with Crippen molar-refractivity contribution in [1.82, 2.24) is 10.2 Å². The highest BCUT2D eigenvalue weighted by molar-refractivity contribution is 8.00. The van der Waals surface area contributed by atoms with Gasteiger partial charge in [0.2, 0.25) is 5.91 Å². The van der Waals surface area contributed by atoms with Crippen molar-refractivity contribution in [2.75, 3.05) is 18.9 Å². The fraction of sp³-hybridized carbons (Fsp3) is 0.652. The molecule has 0 saturated carbocycles. The van der Waals surface area contributed by atoms with Crippen molar-refractivity contribution in [3.8, 4) is 0 Å². The lowest BCUT2D eigenvalue weighted by Crippen LogP contribution is -2.41. The minimum Gasteiger partial charge on any atom is -0.447 e. The van der Waals surface area contributed by atoms with Crippen molar-refractivity contribution in [1.29, 1.82) is 0 Å². The van der Waals surface area contributed by atoms with E-state index in [-0.39, 0.29) is 16.7 Å². The summed E-state index contributed by atoms with van der Waals surface area (Å²) in [5.74, 6) is 0.779. The highest BCUT2D eigenvalue weighted by atomic mass is 32.2. The van der Waals surface area contributed by atoms with Crippen molar-refractivity contribution >= 4 is 23.8 Å². The van der Waals surface area contributed by atoms with Crippen molar-refractivity contribution in [2.45, 2.75) is 71.7 Å². The number of thioether (sulfide) groups is 1. The molecule has 6 heteroatoms. The summed E-state index contributed by atoms with van der Waals surface area (Å²) in [7, 11) is 0. The fourth-order valence-electron chi connectivity index (χ4n) is 3.53. The van der Waals surface area contributed by atoms with Crippen LogP contribution < -0.4 is 5.32 Å². The molecule has 0 spiro atoms. The van der Waals surface area contributed by atoms with Gasteiger partial charge in [-0.2, -0.15) is 0 Å². The van der Waals surface area contributed by atoms with Crippen LogP contribution in [-0.4, -0.2) is 46.7 Å². The van der Waals surface area contributed by atoms with E-state index in [1.807, 2.05) is 69.8 Å². The molecule has 5 nitrogen and oxygen atoms in total. The summed E-state index contributed by atoms with van der Waals surface area (Å²) in [6.45, 7) is 13.1. The molecule has 29 heavy (non-hydrogen) atoms. The molecule has 3 rings (SSSR count). The number of carbonyl (C=O) groups excluding carboxylic acids is 2. The van der Waals surface area contributed by atoms with Crippen LogP contribution >= 0.6 is 11.8 Å². The zero-order valence-electron chi connectivity index (χ0n) is 18.9. The molecule has 0 bridgehead atoms. The number of carbonyl (C=O) groups is 2. The molecule has 2 fully saturated rings. The molecule has 1 aromatic carbocycles. The van der Waals surface area contributed by atoms with E-state index in [0.717, 1.165) is 24.2 Å². The molecule has 0 aromatic heterocycles. The summed E-state index contributed by atoms with van der Waals surface area (Å²) in [6, 6.07) is 10.5. The van der Waals surface area contributed by atoms with Crippen LogP contribution in [0.2, 0.25) is 0 Å². The lowest BCUT2D eigenvalue weighted by Gasteiger charge is -2.27. The Labute approximate surface area is 181 Å². The van der Waals surface area contributed by atoms with Gasteiger partial charge in [-0.05, 0) is 38.7 Å². The average Bonchev–Trinajstić information content (AvgIpc) is 3.33. The number of hydrogen-bond donors (Lipinski definition) is 1. The Hall–Kier alpha value is -1.53. The third-order valence-electron chi connectivity index (χ3n) is 4.87. The van der Waals surface area contributed by atoms with Crippen LogP contribution in [0.25, 0.3) is 0 Å². The Bertz CT molecular complexity index is 626. The molecule has 0 radical (unpaired) electrons. The number of ether oxygens (including phenoxy) is 1. The van der Waals surface area contributed by atoms with E-state index < -0.39 is 6.09 Å². The first-order valence-electron chi connectivity index (χ1n) is 10.9. The molecule has 1 N–H and O–H groups in total. The maximum Gasteiger partial charge on any atom is 0.416 e. The van der Waals surface area contributed by atoms with Crippen LogP contribution in [0.5, 0.6) is 0 Å². The van der Waals surface area contributed by atoms with Crippen LogP contribution in [0, 0.1) is 5.92 Å². The van der Waals surface area contributed by atoms with Crippen LogP contribution in [-0.2, 0) is 16.0 Å². The molecule has 164 valence electrons. The molecule has 2 aliphatic rings. The zero-order chi connectivity index (χ0) is 21.9. The number of hydrogen-bond acceptors (Lipinski definition) is 5. The van der Waals surface area contributed by atoms with Gasteiger partial charge in [0.1, 0.15) is 6.61 Å². The topological polar surface area (TPSA) is 58.6 Å². The number of benzene rings is 1. The number of imide groups is 1. The predicted molar refractivity (Wildman–Crippen MR) is 122 cm³/mol.